The van der Waals surface area contributed by atoms with Gasteiger partial charge in [0.15, 0.2) is 0 Å². The molecule has 2 aromatic rings. The fraction of sp³-hybridized carbons (Fsp3) is 0.333. The smallest absolute Gasteiger partial charge is 0.306 e. The molecule has 0 saturated carbocycles. The Bertz CT molecular complexity index is 995. The van der Waals surface area contributed by atoms with Crippen LogP contribution in [0.2, 0.25) is 0 Å². The lowest BCUT2D eigenvalue weighted by Crippen LogP contribution is -2.23. The highest BCUT2D eigenvalue weighted by atomic mass is 32.2. The van der Waals surface area contributed by atoms with Crippen LogP contribution >= 0.6 is 0 Å². The highest BCUT2D eigenvalue weighted by Gasteiger charge is 2.47. The van der Waals surface area contributed by atoms with E-state index in [1.54, 1.807) is 0 Å². The van der Waals surface area contributed by atoms with Gasteiger partial charge in [-0.3, -0.25) is 0 Å². The van der Waals surface area contributed by atoms with E-state index in [2.05, 4.69) is 0 Å². The Balaban J connectivity index is 2.16. The van der Waals surface area contributed by atoms with E-state index in [-0.39, 0.29) is 5.92 Å². The van der Waals surface area contributed by atoms with Crippen LogP contribution in [-0.2, 0) is 22.7 Å². The number of alkyl halides is 3. The molecule has 28 heavy (non-hydrogen) atoms. The lowest BCUT2D eigenvalue weighted by Gasteiger charge is -2.19. The van der Waals surface area contributed by atoms with Gasteiger partial charge in [0, 0.05) is 12.5 Å². The van der Waals surface area contributed by atoms with Gasteiger partial charge in [-0.2, -0.15) is 13.2 Å². The summed E-state index contributed by atoms with van der Waals surface area (Å²) in [6.07, 6.45) is 5.32. The van der Waals surface area contributed by atoms with Crippen molar-refractivity contribution in [3.05, 3.63) is 76.9 Å². The summed E-state index contributed by atoms with van der Waals surface area (Å²) in [7, 11) is -1.54. The van der Waals surface area contributed by atoms with Crippen LogP contribution in [0.25, 0.3) is 0 Å². The maximum Gasteiger partial charge on any atom is 0.501 e. The maximum atomic E-state index is 13.1. The lowest BCUT2D eigenvalue weighted by molar-refractivity contribution is -0.0436. The molecule has 1 atom stereocenters. The number of hydrogen-bond acceptors (Lipinski definition) is 3. The molecular formula is C21H22F3NO2S. The third-order valence-electron chi connectivity index (χ3n) is 4.92. The third-order valence-corrected chi connectivity index (χ3v) is 6.40. The second kappa shape index (κ2) is 7.72. The summed E-state index contributed by atoms with van der Waals surface area (Å²) in [5, 5.41) is 0. The summed E-state index contributed by atoms with van der Waals surface area (Å²) in [6.45, 7) is 0.675. The Labute approximate surface area is 163 Å². The molecule has 1 aliphatic rings. The molecule has 1 aliphatic carbocycles. The molecule has 0 bridgehead atoms. The summed E-state index contributed by atoms with van der Waals surface area (Å²) >= 11 is 0. The number of fused-ring (bicyclic) bond motifs is 2. The first-order valence-corrected chi connectivity index (χ1v) is 10.4. The zero-order valence-corrected chi connectivity index (χ0v) is 16.5. The molecule has 0 amide bonds. The quantitative estimate of drug-likeness (QED) is 0.706. The van der Waals surface area contributed by atoms with Gasteiger partial charge in [-0.1, -0.05) is 42.5 Å². The summed E-state index contributed by atoms with van der Waals surface area (Å²) in [4.78, 5) is 1.27. The van der Waals surface area contributed by atoms with E-state index in [0.717, 1.165) is 29.2 Å². The van der Waals surface area contributed by atoms with Crippen molar-refractivity contribution in [2.45, 2.75) is 29.2 Å². The number of hydrogen-bond donors (Lipinski definition) is 0. The first-order valence-electron chi connectivity index (χ1n) is 8.94. The van der Waals surface area contributed by atoms with Crippen molar-refractivity contribution in [1.82, 2.24) is 4.90 Å². The van der Waals surface area contributed by atoms with E-state index in [0.29, 0.717) is 18.5 Å². The molecule has 1 unspecified atom stereocenters. The van der Waals surface area contributed by atoms with Crippen LogP contribution in [-0.4, -0.2) is 39.5 Å². The Morgan fingerprint density at radius 3 is 2.32 bits per heavy atom. The van der Waals surface area contributed by atoms with Gasteiger partial charge in [0.1, 0.15) is 0 Å². The SMILES string of the molecule is CN(C)C/C=C/C1c2ccccc2CCc2ccc(S(=O)(=O)C(F)(F)F)cc21. The molecule has 0 spiro atoms. The zero-order valence-electron chi connectivity index (χ0n) is 15.7. The molecule has 2 aromatic carbocycles. The standard InChI is InChI=1S/C21H22F3NO2S/c1-25(2)13-5-8-19-18-7-4-3-6-15(18)9-10-16-11-12-17(14-20(16)19)28(26,27)21(22,23)24/h3-8,11-12,14,19H,9-10,13H2,1-2H3/b8-5+. The topological polar surface area (TPSA) is 37.4 Å². The van der Waals surface area contributed by atoms with Crippen LogP contribution < -0.4 is 0 Å². The van der Waals surface area contributed by atoms with Crippen molar-refractivity contribution in [2.24, 2.45) is 0 Å². The summed E-state index contributed by atoms with van der Waals surface area (Å²) in [6, 6.07) is 11.6. The summed E-state index contributed by atoms with van der Waals surface area (Å²) in [5.74, 6) is -0.294. The van der Waals surface area contributed by atoms with Crippen molar-refractivity contribution in [2.75, 3.05) is 20.6 Å². The maximum absolute atomic E-state index is 13.1. The molecule has 3 nitrogen and oxygen atoms in total. The Morgan fingerprint density at radius 1 is 1.04 bits per heavy atom. The largest absolute Gasteiger partial charge is 0.501 e. The van der Waals surface area contributed by atoms with Crippen molar-refractivity contribution in [1.29, 1.82) is 0 Å². The molecule has 0 heterocycles. The molecule has 0 fully saturated rings. The molecule has 0 radical (unpaired) electrons. The fourth-order valence-corrected chi connectivity index (χ4v) is 4.30. The van der Waals surface area contributed by atoms with Gasteiger partial charge in [-0.25, -0.2) is 8.42 Å². The fourth-order valence-electron chi connectivity index (χ4n) is 3.51. The highest BCUT2D eigenvalue weighted by Crippen LogP contribution is 2.38. The monoisotopic (exact) mass is 409 g/mol. The number of allylic oxidation sites excluding steroid dienone is 1. The third kappa shape index (κ3) is 4.00. The number of rotatable bonds is 4. The first-order chi connectivity index (χ1) is 13.1. The van der Waals surface area contributed by atoms with Crippen LogP contribution in [0.3, 0.4) is 0 Å². The Hall–Kier alpha value is -2.12. The molecule has 0 aliphatic heterocycles. The molecule has 7 heteroatoms. The van der Waals surface area contributed by atoms with E-state index in [4.69, 9.17) is 0 Å². The lowest BCUT2D eigenvalue weighted by atomic mass is 9.88. The van der Waals surface area contributed by atoms with Gasteiger partial charge in [0.2, 0.25) is 0 Å². The van der Waals surface area contributed by atoms with Crippen LogP contribution in [0, 0.1) is 0 Å². The average Bonchev–Trinajstić information content (AvgIpc) is 2.77. The van der Waals surface area contributed by atoms with Crippen LogP contribution in [0.1, 0.15) is 28.2 Å². The first kappa shape index (κ1) is 20.6. The normalized spacial score (nSPS) is 17.4. The predicted octanol–water partition coefficient (Wildman–Crippen LogP) is 4.33. The summed E-state index contributed by atoms with van der Waals surface area (Å²) < 4.78 is 63.0. The minimum Gasteiger partial charge on any atom is -0.306 e. The second-order valence-corrected chi connectivity index (χ2v) is 9.12. The minimum atomic E-state index is -5.39. The number of aryl methyl sites for hydroxylation is 2. The van der Waals surface area contributed by atoms with E-state index >= 15 is 0 Å². The van der Waals surface area contributed by atoms with Gasteiger partial charge in [-0.05, 0) is 61.3 Å². The molecule has 3 rings (SSSR count). The van der Waals surface area contributed by atoms with Crippen molar-refractivity contribution in [3.63, 3.8) is 0 Å². The highest BCUT2D eigenvalue weighted by molar-refractivity contribution is 7.92. The molecule has 0 N–H and O–H groups in total. The number of likely N-dealkylation sites (N-methyl/N-ethyl adjacent to an activating group) is 1. The Kier molecular flexibility index (Phi) is 5.68. The molecule has 0 aromatic heterocycles. The molecular weight excluding hydrogens is 387 g/mol. The van der Waals surface area contributed by atoms with E-state index < -0.39 is 20.2 Å². The zero-order chi connectivity index (χ0) is 20.5. The van der Waals surface area contributed by atoms with Gasteiger partial charge in [0.05, 0.1) is 4.90 Å². The van der Waals surface area contributed by atoms with E-state index in [1.807, 2.05) is 55.4 Å². The number of sulfone groups is 1. The average molecular weight is 409 g/mol. The van der Waals surface area contributed by atoms with Gasteiger partial charge in [0.25, 0.3) is 9.84 Å². The van der Waals surface area contributed by atoms with Crippen molar-refractivity contribution >= 4 is 9.84 Å². The van der Waals surface area contributed by atoms with E-state index in [9.17, 15) is 21.6 Å². The van der Waals surface area contributed by atoms with Crippen LogP contribution in [0.15, 0.2) is 59.5 Å². The minimum absolute atomic E-state index is 0.294. The van der Waals surface area contributed by atoms with Gasteiger partial charge < -0.3 is 4.90 Å². The van der Waals surface area contributed by atoms with Crippen molar-refractivity contribution < 1.29 is 21.6 Å². The van der Waals surface area contributed by atoms with Crippen LogP contribution in [0.4, 0.5) is 13.2 Å². The summed E-state index contributed by atoms with van der Waals surface area (Å²) in [5.41, 5.74) is -1.71. The predicted molar refractivity (Wildman–Crippen MR) is 103 cm³/mol. The molecule has 150 valence electrons. The molecule has 0 saturated heterocycles. The van der Waals surface area contributed by atoms with Crippen molar-refractivity contribution in [3.8, 4) is 0 Å². The number of nitrogens with zero attached hydrogens (tertiary/aromatic N) is 1. The second-order valence-electron chi connectivity index (χ2n) is 7.18. The Morgan fingerprint density at radius 2 is 1.68 bits per heavy atom. The van der Waals surface area contributed by atoms with Gasteiger partial charge >= 0.3 is 5.51 Å². The number of halogens is 3. The number of benzene rings is 2. The van der Waals surface area contributed by atoms with E-state index in [1.165, 1.54) is 12.1 Å². The van der Waals surface area contributed by atoms with Crippen LogP contribution in [0.5, 0.6) is 0 Å². The van der Waals surface area contributed by atoms with Gasteiger partial charge in [-0.15, -0.1) is 0 Å².